The van der Waals surface area contributed by atoms with E-state index in [2.05, 4.69) is 5.32 Å². The summed E-state index contributed by atoms with van der Waals surface area (Å²) in [6.07, 6.45) is 4.14. The molecule has 2 aromatic rings. The summed E-state index contributed by atoms with van der Waals surface area (Å²) in [5, 5.41) is 2.38. The molecule has 8 heteroatoms. The molecule has 0 heterocycles. The van der Waals surface area contributed by atoms with Crippen LogP contribution >= 0.6 is 0 Å². The maximum Gasteiger partial charge on any atom is 0.244 e. The first-order valence-corrected chi connectivity index (χ1v) is 11.9. The van der Waals surface area contributed by atoms with Crippen LogP contribution in [0.15, 0.2) is 35.2 Å². The second kappa shape index (κ2) is 9.44. The van der Waals surface area contributed by atoms with Crippen LogP contribution < -0.4 is 5.32 Å². The molecule has 1 fully saturated rings. The molecule has 1 aliphatic carbocycles. The van der Waals surface area contributed by atoms with Gasteiger partial charge in [0.1, 0.15) is 11.6 Å². The van der Waals surface area contributed by atoms with E-state index in [1.54, 1.807) is 13.8 Å². The largest absolute Gasteiger partial charge is 0.322 e. The van der Waals surface area contributed by atoms with Crippen LogP contribution in [-0.4, -0.2) is 31.2 Å². The second-order valence-corrected chi connectivity index (χ2v) is 10.1. The number of carbonyl (C=O) groups excluding carboxylic acids is 1. The number of nitrogens with one attached hydrogen (secondary N) is 1. The molecule has 0 spiro atoms. The molecule has 0 saturated heterocycles. The lowest BCUT2D eigenvalue weighted by molar-refractivity contribution is -0.116. The van der Waals surface area contributed by atoms with E-state index in [4.69, 9.17) is 0 Å². The number of anilines is 1. The highest BCUT2D eigenvalue weighted by Gasteiger charge is 2.35. The van der Waals surface area contributed by atoms with E-state index in [1.807, 2.05) is 19.1 Å². The lowest BCUT2D eigenvalue weighted by Gasteiger charge is -2.33. The van der Waals surface area contributed by atoms with Crippen LogP contribution in [0.1, 0.15) is 48.8 Å². The number of aryl methyl sites for hydroxylation is 3. The molecule has 1 N–H and O–H groups in total. The van der Waals surface area contributed by atoms with Gasteiger partial charge in [-0.15, -0.1) is 0 Å². The third-order valence-corrected chi connectivity index (χ3v) is 7.86. The number of halogens is 2. The third-order valence-electron chi connectivity index (χ3n) is 5.66. The highest BCUT2D eigenvalue weighted by molar-refractivity contribution is 7.89. The van der Waals surface area contributed by atoms with Crippen molar-refractivity contribution in [2.75, 3.05) is 11.9 Å². The predicted octanol–water partition coefficient (Wildman–Crippen LogP) is 4.85. The Bertz CT molecular complexity index is 1060. The Balaban J connectivity index is 1.94. The second-order valence-electron chi connectivity index (χ2n) is 8.24. The standard InChI is InChI=1S/C23H28F2N2O3S/c1-15-11-16(2)23(17(3)12-15)31(29,30)27(19-7-5-4-6-8-19)14-22(28)26-21-10-9-18(24)13-20(21)25/h9-13,19H,4-8,14H2,1-3H3,(H,26,28). The van der Waals surface area contributed by atoms with Crippen LogP contribution in [0, 0.1) is 32.4 Å². The first-order chi connectivity index (χ1) is 14.6. The van der Waals surface area contributed by atoms with Crippen molar-refractivity contribution in [3.63, 3.8) is 0 Å². The van der Waals surface area contributed by atoms with Gasteiger partial charge in [0.15, 0.2) is 0 Å². The van der Waals surface area contributed by atoms with Crippen molar-refractivity contribution in [1.29, 1.82) is 0 Å². The van der Waals surface area contributed by atoms with Crippen molar-refractivity contribution >= 4 is 21.6 Å². The number of carbonyl (C=O) groups is 1. The Labute approximate surface area is 182 Å². The monoisotopic (exact) mass is 450 g/mol. The van der Waals surface area contributed by atoms with E-state index in [0.29, 0.717) is 30.0 Å². The number of nitrogens with zero attached hydrogens (tertiary/aromatic N) is 1. The number of benzene rings is 2. The van der Waals surface area contributed by atoms with Crippen LogP contribution in [0.25, 0.3) is 0 Å². The molecular weight excluding hydrogens is 422 g/mol. The lowest BCUT2D eigenvalue weighted by atomic mass is 9.95. The van der Waals surface area contributed by atoms with Crippen molar-refractivity contribution in [3.05, 3.63) is 58.7 Å². The Morgan fingerprint density at radius 1 is 1.03 bits per heavy atom. The summed E-state index contributed by atoms with van der Waals surface area (Å²) in [4.78, 5) is 12.9. The highest BCUT2D eigenvalue weighted by atomic mass is 32.2. The predicted molar refractivity (Wildman–Crippen MR) is 116 cm³/mol. The molecule has 1 saturated carbocycles. The minimum atomic E-state index is -3.96. The molecule has 0 unspecified atom stereocenters. The third kappa shape index (κ3) is 5.30. The summed E-state index contributed by atoms with van der Waals surface area (Å²) in [5.41, 5.74) is 2.03. The average Bonchev–Trinajstić information content (AvgIpc) is 2.68. The number of amides is 1. The zero-order chi connectivity index (χ0) is 22.8. The van der Waals surface area contributed by atoms with Gasteiger partial charge in [-0.1, -0.05) is 37.0 Å². The molecule has 3 rings (SSSR count). The summed E-state index contributed by atoms with van der Waals surface area (Å²) >= 11 is 0. The van der Waals surface area contributed by atoms with Crippen LogP contribution in [0.5, 0.6) is 0 Å². The van der Waals surface area contributed by atoms with Crippen molar-refractivity contribution < 1.29 is 22.0 Å². The van der Waals surface area contributed by atoms with Gasteiger partial charge < -0.3 is 5.32 Å². The molecule has 2 aromatic carbocycles. The zero-order valence-electron chi connectivity index (χ0n) is 18.0. The van der Waals surface area contributed by atoms with Crippen molar-refractivity contribution in [1.82, 2.24) is 4.31 Å². The van der Waals surface area contributed by atoms with E-state index in [0.717, 1.165) is 37.0 Å². The van der Waals surface area contributed by atoms with Gasteiger partial charge in [0.25, 0.3) is 0 Å². The summed E-state index contributed by atoms with van der Waals surface area (Å²) in [7, 11) is -3.96. The Kier molecular flexibility index (Phi) is 7.11. The van der Waals surface area contributed by atoms with Crippen LogP contribution in [0.4, 0.5) is 14.5 Å². The first-order valence-electron chi connectivity index (χ1n) is 10.4. The SMILES string of the molecule is Cc1cc(C)c(S(=O)(=O)N(CC(=O)Nc2ccc(F)cc2F)C2CCCCC2)c(C)c1. The molecule has 31 heavy (non-hydrogen) atoms. The first kappa shape index (κ1) is 23.3. The molecular formula is C23H28F2N2O3S. The van der Waals surface area contributed by atoms with Gasteiger partial charge in [0.05, 0.1) is 17.1 Å². The number of hydrogen-bond acceptors (Lipinski definition) is 3. The Hall–Kier alpha value is -2.32. The van der Waals surface area contributed by atoms with Crippen molar-refractivity contribution in [2.24, 2.45) is 0 Å². The maximum absolute atomic E-state index is 14.0. The minimum absolute atomic E-state index is 0.185. The van der Waals surface area contributed by atoms with Crippen LogP contribution in [0.2, 0.25) is 0 Å². The number of hydrogen-bond donors (Lipinski definition) is 1. The smallest absolute Gasteiger partial charge is 0.244 e. The average molecular weight is 451 g/mol. The van der Waals surface area contributed by atoms with E-state index in [-0.39, 0.29) is 16.6 Å². The number of sulfonamides is 1. The van der Waals surface area contributed by atoms with Crippen molar-refractivity contribution in [3.8, 4) is 0 Å². The highest BCUT2D eigenvalue weighted by Crippen LogP contribution is 2.31. The normalized spacial score (nSPS) is 15.3. The van der Waals surface area contributed by atoms with Gasteiger partial charge in [-0.05, 0) is 56.9 Å². The molecule has 5 nitrogen and oxygen atoms in total. The Morgan fingerprint density at radius 3 is 2.23 bits per heavy atom. The van der Waals surface area contributed by atoms with E-state index >= 15 is 0 Å². The molecule has 168 valence electrons. The molecule has 1 amide bonds. The summed E-state index contributed by atoms with van der Waals surface area (Å²) in [6, 6.07) is 6.15. The van der Waals surface area contributed by atoms with E-state index in [1.165, 1.54) is 4.31 Å². The quantitative estimate of drug-likeness (QED) is 0.684. The fourth-order valence-electron chi connectivity index (χ4n) is 4.39. The fourth-order valence-corrected chi connectivity index (χ4v) is 6.45. The summed E-state index contributed by atoms with van der Waals surface area (Å²) in [5.74, 6) is -2.33. The van der Waals surface area contributed by atoms with Crippen LogP contribution in [-0.2, 0) is 14.8 Å². The van der Waals surface area contributed by atoms with Crippen molar-refractivity contribution in [2.45, 2.75) is 63.8 Å². The zero-order valence-corrected chi connectivity index (χ0v) is 18.9. The van der Waals surface area contributed by atoms with Gasteiger partial charge in [0.2, 0.25) is 15.9 Å². The number of rotatable bonds is 6. The fraction of sp³-hybridized carbons (Fsp3) is 0.435. The molecule has 0 bridgehead atoms. The van der Waals surface area contributed by atoms with Gasteiger partial charge in [-0.3, -0.25) is 4.79 Å². The van der Waals surface area contributed by atoms with E-state index < -0.39 is 34.1 Å². The Morgan fingerprint density at radius 2 is 1.65 bits per heavy atom. The molecule has 0 atom stereocenters. The molecule has 1 aliphatic rings. The molecule has 0 aliphatic heterocycles. The van der Waals surface area contributed by atoms with Gasteiger partial charge in [-0.25, -0.2) is 17.2 Å². The van der Waals surface area contributed by atoms with Gasteiger partial charge in [-0.2, -0.15) is 4.31 Å². The topological polar surface area (TPSA) is 66.5 Å². The maximum atomic E-state index is 14.0. The van der Waals surface area contributed by atoms with E-state index in [9.17, 15) is 22.0 Å². The lowest BCUT2D eigenvalue weighted by Crippen LogP contribution is -2.46. The van der Waals surface area contributed by atoms with Gasteiger partial charge in [0, 0.05) is 12.1 Å². The molecule has 0 aromatic heterocycles. The van der Waals surface area contributed by atoms with Gasteiger partial charge >= 0.3 is 0 Å². The summed E-state index contributed by atoms with van der Waals surface area (Å²) in [6.45, 7) is 4.97. The minimum Gasteiger partial charge on any atom is -0.322 e. The summed E-state index contributed by atoms with van der Waals surface area (Å²) < 4.78 is 55.8. The van der Waals surface area contributed by atoms with Crippen LogP contribution in [0.3, 0.4) is 0 Å². The molecule has 0 radical (unpaired) electrons.